The first-order valence-corrected chi connectivity index (χ1v) is 8.57. The van der Waals surface area contributed by atoms with E-state index in [1.165, 1.54) is 5.56 Å². The third kappa shape index (κ3) is 4.06. The number of amides is 2. The number of nitrogens with zero attached hydrogens (tertiary/aromatic N) is 2. The average molecular weight is 331 g/mol. The fourth-order valence-electron chi connectivity index (χ4n) is 3.49. The Labute approximate surface area is 142 Å². The quantitative estimate of drug-likeness (QED) is 0.861. The fourth-order valence-corrected chi connectivity index (χ4v) is 3.49. The smallest absolute Gasteiger partial charge is 0.239 e. The van der Waals surface area contributed by atoms with E-state index >= 15 is 0 Å². The Hall–Kier alpha value is -2.08. The van der Waals surface area contributed by atoms with E-state index in [2.05, 4.69) is 22.3 Å². The van der Waals surface area contributed by atoms with Gasteiger partial charge in [-0.3, -0.25) is 14.5 Å². The van der Waals surface area contributed by atoms with Gasteiger partial charge in [0, 0.05) is 19.1 Å². The fraction of sp³-hybridized carbons (Fsp3) is 0.556. The van der Waals surface area contributed by atoms with E-state index in [9.17, 15) is 9.59 Å². The van der Waals surface area contributed by atoms with E-state index in [1.807, 2.05) is 12.1 Å². The Morgan fingerprint density at radius 1 is 1.29 bits per heavy atom. The molecule has 3 rings (SSSR count). The third-order valence-corrected chi connectivity index (χ3v) is 4.86. The molecule has 0 saturated carbocycles. The van der Waals surface area contributed by atoms with Crippen molar-refractivity contribution in [3.8, 4) is 5.75 Å². The lowest BCUT2D eigenvalue weighted by Gasteiger charge is -2.30. The summed E-state index contributed by atoms with van der Waals surface area (Å²) in [6.45, 7) is 2.72. The molecule has 130 valence electrons. The van der Waals surface area contributed by atoms with Gasteiger partial charge >= 0.3 is 0 Å². The summed E-state index contributed by atoms with van der Waals surface area (Å²) in [5.74, 6) is 0.859. The van der Waals surface area contributed by atoms with E-state index in [4.69, 9.17) is 4.74 Å². The molecule has 24 heavy (non-hydrogen) atoms. The number of nitrogens with one attached hydrogen (secondary N) is 1. The molecule has 0 radical (unpaired) electrons. The van der Waals surface area contributed by atoms with Gasteiger partial charge in [-0.1, -0.05) is 12.1 Å². The van der Waals surface area contributed by atoms with E-state index in [0.29, 0.717) is 25.7 Å². The van der Waals surface area contributed by atoms with Gasteiger partial charge in [0.2, 0.25) is 11.8 Å². The number of benzene rings is 1. The van der Waals surface area contributed by atoms with Gasteiger partial charge in [0.05, 0.1) is 20.2 Å². The predicted molar refractivity (Wildman–Crippen MR) is 90.9 cm³/mol. The van der Waals surface area contributed by atoms with E-state index in [1.54, 1.807) is 12.0 Å². The minimum atomic E-state index is -0.0641. The summed E-state index contributed by atoms with van der Waals surface area (Å²) in [6, 6.07) is 8.53. The second kappa shape index (κ2) is 7.66. The molecule has 2 heterocycles. The van der Waals surface area contributed by atoms with Crippen molar-refractivity contribution >= 4 is 11.8 Å². The number of piperazine rings is 1. The second-order valence-corrected chi connectivity index (χ2v) is 6.48. The SMILES string of the molecule is COc1ccc(C[C@H]2CCCN2CC(=O)N2CCNC(=O)C2)cc1. The lowest BCUT2D eigenvalue weighted by atomic mass is 10.0. The van der Waals surface area contributed by atoms with Crippen LogP contribution in [-0.2, 0) is 16.0 Å². The first-order chi connectivity index (χ1) is 11.7. The molecule has 1 atom stereocenters. The number of carbonyl (C=O) groups excluding carboxylic acids is 2. The van der Waals surface area contributed by atoms with Crippen LogP contribution < -0.4 is 10.1 Å². The summed E-state index contributed by atoms with van der Waals surface area (Å²) in [6.07, 6.45) is 3.17. The molecule has 1 N–H and O–H groups in total. The summed E-state index contributed by atoms with van der Waals surface area (Å²) in [4.78, 5) is 27.8. The molecular weight excluding hydrogens is 306 g/mol. The number of ether oxygens (including phenoxy) is 1. The molecule has 2 fully saturated rings. The normalized spacial score (nSPS) is 21.6. The van der Waals surface area contributed by atoms with Gasteiger partial charge in [-0.25, -0.2) is 0 Å². The van der Waals surface area contributed by atoms with Gasteiger partial charge in [-0.2, -0.15) is 0 Å². The lowest BCUT2D eigenvalue weighted by molar-refractivity contribution is -0.139. The van der Waals surface area contributed by atoms with E-state index < -0.39 is 0 Å². The summed E-state index contributed by atoms with van der Waals surface area (Å²) in [7, 11) is 1.67. The second-order valence-electron chi connectivity index (χ2n) is 6.48. The van der Waals surface area contributed by atoms with Gasteiger partial charge in [-0.15, -0.1) is 0 Å². The van der Waals surface area contributed by atoms with Crippen LogP contribution in [0.3, 0.4) is 0 Å². The molecule has 1 aromatic carbocycles. The summed E-state index contributed by atoms with van der Waals surface area (Å²) < 4.78 is 5.20. The highest BCUT2D eigenvalue weighted by Crippen LogP contribution is 2.22. The molecule has 1 aromatic rings. The standard InChI is InChI=1S/C18H25N3O3/c1-24-16-6-4-14(5-7-16)11-15-3-2-9-20(15)13-18(23)21-10-8-19-17(22)12-21/h4-7,15H,2-3,8-13H2,1H3,(H,19,22)/t15-/m1/s1. The van der Waals surface area contributed by atoms with Crippen molar-refractivity contribution in [2.24, 2.45) is 0 Å². The highest BCUT2D eigenvalue weighted by Gasteiger charge is 2.29. The summed E-state index contributed by atoms with van der Waals surface area (Å²) >= 11 is 0. The average Bonchev–Trinajstić information content (AvgIpc) is 3.02. The largest absolute Gasteiger partial charge is 0.497 e. The highest BCUT2D eigenvalue weighted by molar-refractivity contribution is 5.86. The maximum Gasteiger partial charge on any atom is 0.239 e. The van der Waals surface area contributed by atoms with Crippen LogP contribution in [0.15, 0.2) is 24.3 Å². The Bertz CT molecular complexity index is 588. The van der Waals surface area contributed by atoms with Gasteiger partial charge in [0.25, 0.3) is 0 Å². The van der Waals surface area contributed by atoms with Crippen molar-refractivity contribution < 1.29 is 14.3 Å². The summed E-state index contributed by atoms with van der Waals surface area (Å²) in [5, 5.41) is 2.75. The minimum Gasteiger partial charge on any atom is -0.497 e. The predicted octanol–water partition coefficient (Wildman–Crippen LogP) is 0.661. The highest BCUT2D eigenvalue weighted by atomic mass is 16.5. The monoisotopic (exact) mass is 331 g/mol. The maximum absolute atomic E-state index is 12.5. The molecule has 0 bridgehead atoms. The van der Waals surface area contributed by atoms with Gasteiger partial charge < -0.3 is 15.0 Å². The van der Waals surface area contributed by atoms with Crippen LogP contribution in [0.4, 0.5) is 0 Å². The number of carbonyl (C=O) groups is 2. The summed E-state index contributed by atoms with van der Waals surface area (Å²) in [5.41, 5.74) is 1.26. The number of likely N-dealkylation sites (tertiary alicyclic amines) is 1. The molecule has 6 heteroatoms. The van der Waals surface area contributed by atoms with Crippen LogP contribution in [0, 0.1) is 0 Å². The van der Waals surface area contributed by atoms with Crippen molar-refractivity contribution in [2.45, 2.75) is 25.3 Å². The molecule has 6 nitrogen and oxygen atoms in total. The van der Waals surface area contributed by atoms with Crippen LogP contribution in [0.5, 0.6) is 5.75 Å². The Morgan fingerprint density at radius 3 is 2.79 bits per heavy atom. The van der Waals surface area contributed by atoms with Crippen molar-refractivity contribution in [3.63, 3.8) is 0 Å². The zero-order valence-electron chi connectivity index (χ0n) is 14.2. The third-order valence-electron chi connectivity index (χ3n) is 4.86. The topological polar surface area (TPSA) is 61.9 Å². The molecule has 0 spiro atoms. The van der Waals surface area contributed by atoms with Gasteiger partial charge in [-0.05, 0) is 43.5 Å². The Balaban J connectivity index is 1.56. The van der Waals surface area contributed by atoms with Crippen molar-refractivity contribution in [2.75, 3.05) is 39.8 Å². The number of hydrogen-bond acceptors (Lipinski definition) is 4. The number of methoxy groups -OCH3 is 1. The van der Waals surface area contributed by atoms with Crippen LogP contribution in [0.25, 0.3) is 0 Å². The zero-order chi connectivity index (χ0) is 16.9. The molecule has 2 saturated heterocycles. The van der Waals surface area contributed by atoms with Crippen LogP contribution in [0.1, 0.15) is 18.4 Å². The lowest BCUT2D eigenvalue weighted by Crippen LogP contribution is -2.52. The molecule has 0 aromatic heterocycles. The number of rotatable bonds is 5. The first-order valence-electron chi connectivity index (χ1n) is 8.57. The van der Waals surface area contributed by atoms with Crippen LogP contribution >= 0.6 is 0 Å². The van der Waals surface area contributed by atoms with Crippen molar-refractivity contribution in [3.05, 3.63) is 29.8 Å². The molecule has 0 unspecified atom stereocenters. The van der Waals surface area contributed by atoms with Gasteiger partial charge in [0.1, 0.15) is 5.75 Å². The molecule has 2 aliphatic heterocycles. The van der Waals surface area contributed by atoms with Crippen molar-refractivity contribution in [1.82, 2.24) is 15.1 Å². The number of hydrogen-bond donors (Lipinski definition) is 1. The van der Waals surface area contributed by atoms with Crippen LogP contribution in [0.2, 0.25) is 0 Å². The molecule has 2 amide bonds. The van der Waals surface area contributed by atoms with E-state index in [0.717, 1.165) is 31.6 Å². The minimum absolute atomic E-state index is 0.0616. The zero-order valence-corrected chi connectivity index (χ0v) is 14.2. The Morgan fingerprint density at radius 2 is 2.08 bits per heavy atom. The van der Waals surface area contributed by atoms with E-state index in [-0.39, 0.29) is 18.4 Å². The molecular formula is C18H25N3O3. The van der Waals surface area contributed by atoms with Crippen molar-refractivity contribution in [1.29, 1.82) is 0 Å². The molecule has 2 aliphatic rings. The Kier molecular flexibility index (Phi) is 5.35. The van der Waals surface area contributed by atoms with Gasteiger partial charge in [0.15, 0.2) is 0 Å². The maximum atomic E-state index is 12.5. The van der Waals surface area contributed by atoms with Crippen LogP contribution in [-0.4, -0.2) is 67.5 Å². The molecule has 0 aliphatic carbocycles. The first kappa shape index (κ1) is 16.8.